The van der Waals surface area contributed by atoms with E-state index in [9.17, 15) is 0 Å². The van der Waals surface area contributed by atoms with Crippen LogP contribution in [0.25, 0.3) is 0 Å². The molecule has 0 aliphatic heterocycles. The summed E-state index contributed by atoms with van der Waals surface area (Å²) in [6, 6.07) is 12.5. The summed E-state index contributed by atoms with van der Waals surface area (Å²) in [7, 11) is 0. The van der Waals surface area contributed by atoms with Crippen molar-refractivity contribution in [2.45, 2.75) is 13.8 Å². The average Bonchev–Trinajstić information content (AvgIpc) is 2.10. The standard InChI is InChI=1S/C6H5.2C2H6O.CH3.Ti/c1-2-4-6-5-3-1;2*1-2-3;;/h1-5H;2*3H,2H2,1H3;1H3;/q-1;;;-1;+2. The molecule has 14 heavy (non-hydrogen) atoms. The molecule has 0 aliphatic carbocycles. The van der Waals surface area contributed by atoms with Gasteiger partial charge in [0.2, 0.25) is 0 Å². The zero-order valence-electron chi connectivity index (χ0n) is 9.20. The van der Waals surface area contributed by atoms with Gasteiger partial charge in [-0.1, -0.05) is 0 Å². The Labute approximate surface area is 103 Å². The van der Waals surface area contributed by atoms with Crippen LogP contribution in [0, 0.1) is 13.5 Å². The normalized spacial score (nSPS) is 6.00. The zero-order valence-corrected chi connectivity index (χ0v) is 10.8. The van der Waals surface area contributed by atoms with Crippen LogP contribution in [0.5, 0.6) is 0 Å². The fourth-order valence-corrected chi connectivity index (χ4v) is 0.342. The van der Waals surface area contributed by atoms with Crippen LogP contribution < -0.4 is 0 Å². The molecule has 0 fully saturated rings. The SMILES string of the molecule is CCO.CCO.[CH3-].[Ti+2].[c-]1ccccc1. The number of aliphatic hydroxyl groups is 2. The van der Waals surface area contributed by atoms with E-state index in [1.54, 1.807) is 13.8 Å². The van der Waals surface area contributed by atoms with Gasteiger partial charge in [-0.05, 0) is 13.8 Å². The fourth-order valence-electron chi connectivity index (χ4n) is 0.342. The largest absolute Gasteiger partial charge is 2.00 e. The minimum absolute atomic E-state index is 0. The summed E-state index contributed by atoms with van der Waals surface area (Å²) in [5.41, 5.74) is 0. The Bertz CT molecular complexity index is 105. The number of hydrogen-bond donors (Lipinski definition) is 2. The Morgan fingerprint density at radius 2 is 1.21 bits per heavy atom. The third-order valence-electron chi connectivity index (χ3n) is 0.607. The first kappa shape index (κ1) is 23.6. The van der Waals surface area contributed by atoms with Gasteiger partial charge in [0.15, 0.2) is 0 Å². The molecule has 0 unspecified atom stereocenters. The number of aliphatic hydroxyl groups excluding tert-OH is 2. The van der Waals surface area contributed by atoms with Crippen molar-refractivity contribution in [2.75, 3.05) is 13.2 Å². The van der Waals surface area contributed by atoms with Crippen LogP contribution in [-0.4, -0.2) is 23.4 Å². The Kier molecular flexibility index (Phi) is 49.3. The van der Waals surface area contributed by atoms with E-state index < -0.39 is 0 Å². The molecule has 0 bridgehead atoms. The van der Waals surface area contributed by atoms with Crippen LogP contribution in [0.1, 0.15) is 13.8 Å². The van der Waals surface area contributed by atoms with Crippen molar-refractivity contribution in [3.05, 3.63) is 43.8 Å². The molecular weight excluding hydrogens is 212 g/mol. The molecule has 80 valence electrons. The van der Waals surface area contributed by atoms with Gasteiger partial charge in [-0.3, -0.25) is 0 Å². The second-order valence-corrected chi connectivity index (χ2v) is 1.71. The van der Waals surface area contributed by atoms with Crippen molar-refractivity contribution in [1.29, 1.82) is 0 Å². The van der Waals surface area contributed by atoms with Crippen LogP contribution in [0.4, 0.5) is 0 Å². The van der Waals surface area contributed by atoms with Gasteiger partial charge in [-0.25, -0.2) is 0 Å². The first-order valence-electron chi connectivity index (χ1n) is 3.96. The molecule has 2 N–H and O–H groups in total. The summed E-state index contributed by atoms with van der Waals surface area (Å²) < 4.78 is 0. The third kappa shape index (κ3) is 40.8. The molecule has 0 amide bonds. The molecule has 2 nitrogen and oxygen atoms in total. The third-order valence-corrected chi connectivity index (χ3v) is 0.607. The number of benzene rings is 1. The predicted molar refractivity (Wildman–Crippen MR) is 57.2 cm³/mol. The van der Waals surface area contributed by atoms with Crippen molar-refractivity contribution in [2.24, 2.45) is 0 Å². The minimum atomic E-state index is 0. The van der Waals surface area contributed by atoms with E-state index in [0.717, 1.165) is 0 Å². The molecule has 0 spiro atoms. The molecule has 0 saturated heterocycles. The van der Waals surface area contributed by atoms with Crippen LogP contribution in [-0.2, 0) is 21.7 Å². The van der Waals surface area contributed by atoms with Gasteiger partial charge in [0.05, 0.1) is 0 Å². The Morgan fingerprint density at radius 3 is 1.29 bits per heavy atom. The maximum Gasteiger partial charge on any atom is 2.00 e. The summed E-state index contributed by atoms with van der Waals surface area (Å²) in [4.78, 5) is 0. The van der Waals surface area contributed by atoms with Crippen LogP contribution in [0.15, 0.2) is 30.3 Å². The quantitative estimate of drug-likeness (QED) is 0.530. The molecule has 1 aromatic rings. The first-order valence-corrected chi connectivity index (χ1v) is 3.96. The molecular formula is C11H20O2Ti. The molecule has 0 atom stereocenters. The number of hydrogen-bond acceptors (Lipinski definition) is 2. The van der Waals surface area contributed by atoms with E-state index in [-0.39, 0.29) is 42.4 Å². The van der Waals surface area contributed by atoms with E-state index in [1.807, 2.05) is 30.3 Å². The van der Waals surface area contributed by atoms with E-state index in [1.165, 1.54) is 0 Å². The molecule has 0 saturated carbocycles. The Morgan fingerprint density at radius 1 is 0.929 bits per heavy atom. The molecule has 0 aliphatic rings. The van der Waals surface area contributed by atoms with Crippen LogP contribution >= 0.6 is 0 Å². The van der Waals surface area contributed by atoms with Gasteiger partial charge in [0, 0.05) is 13.2 Å². The maximum absolute atomic E-state index is 7.57. The molecule has 0 radical (unpaired) electrons. The van der Waals surface area contributed by atoms with E-state index in [0.29, 0.717) is 0 Å². The summed E-state index contributed by atoms with van der Waals surface area (Å²) in [6.07, 6.45) is 0. The van der Waals surface area contributed by atoms with Gasteiger partial charge in [-0.2, -0.15) is 36.4 Å². The fraction of sp³-hybridized carbons (Fsp3) is 0.364. The van der Waals surface area contributed by atoms with Gasteiger partial charge in [-0.15, -0.1) is 0 Å². The molecule has 0 heterocycles. The van der Waals surface area contributed by atoms with Crippen LogP contribution in [0.2, 0.25) is 0 Å². The van der Waals surface area contributed by atoms with Crippen LogP contribution in [0.3, 0.4) is 0 Å². The second-order valence-electron chi connectivity index (χ2n) is 1.71. The van der Waals surface area contributed by atoms with Gasteiger partial charge in [0.1, 0.15) is 0 Å². The topological polar surface area (TPSA) is 40.5 Å². The van der Waals surface area contributed by atoms with Crippen molar-refractivity contribution in [1.82, 2.24) is 0 Å². The Balaban J connectivity index is -0.0000000557. The molecule has 1 aromatic carbocycles. The second kappa shape index (κ2) is 29.3. The first-order chi connectivity index (χ1) is 5.83. The maximum atomic E-state index is 7.57. The van der Waals surface area contributed by atoms with Crippen molar-refractivity contribution in [3.8, 4) is 0 Å². The molecule has 1 rings (SSSR count). The van der Waals surface area contributed by atoms with Gasteiger partial charge >= 0.3 is 21.7 Å². The predicted octanol–water partition coefficient (Wildman–Crippen LogP) is 1.93. The summed E-state index contributed by atoms with van der Waals surface area (Å²) >= 11 is 0. The Hall–Kier alpha value is -0.146. The van der Waals surface area contributed by atoms with E-state index in [2.05, 4.69) is 6.07 Å². The summed E-state index contributed by atoms with van der Waals surface area (Å²) in [5.74, 6) is 0. The minimum Gasteiger partial charge on any atom is -0.397 e. The summed E-state index contributed by atoms with van der Waals surface area (Å²) in [5, 5.41) is 15.1. The van der Waals surface area contributed by atoms with E-state index in [4.69, 9.17) is 10.2 Å². The monoisotopic (exact) mass is 232 g/mol. The van der Waals surface area contributed by atoms with E-state index >= 15 is 0 Å². The summed E-state index contributed by atoms with van der Waals surface area (Å²) in [6.45, 7) is 3.86. The van der Waals surface area contributed by atoms with Crippen molar-refractivity contribution in [3.63, 3.8) is 0 Å². The number of rotatable bonds is 0. The van der Waals surface area contributed by atoms with Crippen molar-refractivity contribution >= 4 is 0 Å². The molecule has 0 aromatic heterocycles. The average molecular weight is 232 g/mol. The zero-order chi connectivity index (χ0) is 9.66. The van der Waals surface area contributed by atoms with Gasteiger partial charge < -0.3 is 17.6 Å². The van der Waals surface area contributed by atoms with Gasteiger partial charge in [0.25, 0.3) is 0 Å². The smallest absolute Gasteiger partial charge is 0.397 e. The molecule has 3 heteroatoms. The van der Waals surface area contributed by atoms with Crippen molar-refractivity contribution < 1.29 is 31.9 Å².